The van der Waals surface area contributed by atoms with Crippen LogP contribution < -0.4 is 0 Å². The van der Waals surface area contributed by atoms with E-state index in [1.165, 1.54) is 13.1 Å². The maximum atomic E-state index is 12.3. The number of likely N-dealkylation sites (N-methyl/N-ethyl adjacent to an activating group) is 1. The zero-order valence-corrected chi connectivity index (χ0v) is 9.54. The third-order valence-corrected chi connectivity index (χ3v) is 2.40. The van der Waals surface area contributed by atoms with Crippen molar-refractivity contribution in [1.29, 1.82) is 0 Å². The van der Waals surface area contributed by atoms with Gasteiger partial charge in [-0.05, 0) is 0 Å². The Hall–Kier alpha value is -1.53. The van der Waals surface area contributed by atoms with E-state index < -0.39 is 17.9 Å². The molecule has 1 aliphatic heterocycles. The van der Waals surface area contributed by atoms with E-state index in [-0.39, 0.29) is 25.2 Å². The van der Waals surface area contributed by atoms with Crippen LogP contribution in [0, 0.1) is 0 Å². The van der Waals surface area contributed by atoms with Gasteiger partial charge in [0, 0.05) is 32.8 Å². The molecule has 0 radical (unpaired) electrons. The number of allylic oxidation sites excluding steroid dienone is 1. The van der Waals surface area contributed by atoms with Crippen LogP contribution in [0.4, 0.5) is 13.2 Å². The molecule has 96 valence electrons. The van der Waals surface area contributed by atoms with Crippen LogP contribution in [0.1, 0.15) is 13.3 Å². The van der Waals surface area contributed by atoms with Crippen LogP contribution in [-0.2, 0) is 9.59 Å². The number of amides is 1. The zero-order chi connectivity index (χ0) is 13.2. The summed E-state index contributed by atoms with van der Waals surface area (Å²) in [4.78, 5) is 24.7. The normalized spacial score (nSPS) is 16.9. The number of ketones is 1. The molecular formula is C10H13F3N2O2. The van der Waals surface area contributed by atoms with Gasteiger partial charge < -0.3 is 4.90 Å². The Morgan fingerprint density at radius 2 is 1.94 bits per heavy atom. The zero-order valence-electron chi connectivity index (χ0n) is 9.54. The number of nitrogens with zero attached hydrogens (tertiary/aromatic N) is 2. The molecule has 1 aliphatic rings. The van der Waals surface area contributed by atoms with Gasteiger partial charge in [-0.3, -0.25) is 14.5 Å². The van der Waals surface area contributed by atoms with Gasteiger partial charge in [-0.1, -0.05) is 6.92 Å². The highest BCUT2D eigenvalue weighted by atomic mass is 19.4. The highest BCUT2D eigenvalue weighted by Crippen LogP contribution is 2.23. The van der Waals surface area contributed by atoms with Gasteiger partial charge in [0.15, 0.2) is 5.78 Å². The molecule has 1 amide bonds. The fraction of sp³-hybridized carbons (Fsp3) is 0.600. The van der Waals surface area contributed by atoms with Gasteiger partial charge in [0.1, 0.15) is 5.70 Å². The monoisotopic (exact) mass is 250 g/mol. The Morgan fingerprint density at radius 3 is 2.41 bits per heavy atom. The highest BCUT2D eigenvalue weighted by molar-refractivity contribution is 5.99. The summed E-state index contributed by atoms with van der Waals surface area (Å²) in [7, 11) is 1.64. The molecule has 0 aliphatic carbocycles. The molecule has 0 fully saturated rings. The summed E-state index contributed by atoms with van der Waals surface area (Å²) in [6, 6.07) is 0. The van der Waals surface area contributed by atoms with E-state index in [1.807, 2.05) is 0 Å². The first-order valence-electron chi connectivity index (χ1n) is 5.11. The summed E-state index contributed by atoms with van der Waals surface area (Å²) in [6.45, 7) is 1.67. The molecule has 7 heteroatoms. The number of carbonyl (C=O) groups is 2. The minimum absolute atomic E-state index is 0.0569. The second kappa shape index (κ2) is 4.77. The average Bonchev–Trinajstić information content (AvgIpc) is 2.25. The minimum Gasteiger partial charge on any atom is -0.377 e. The Bertz CT molecular complexity index is 363. The van der Waals surface area contributed by atoms with Crippen molar-refractivity contribution in [3.05, 3.63) is 11.9 Å². The number of hydrogen-bond acceptors (Lipinski definition) is 3. The van der Waals surface area contributed by atoms with Crippen molar-refractivity contribution < 1.29 is 22.8 Å². The van der Waals surface area contributed by atoms with Gasteiger partial charge in [-0.15, -0.1) is 0 Å². The molecule has 4 nitrogen and oxygen atoms in total. The molecule has 0 aromatic rings. The van der Waals surface area contributed by atoms with Crippen molar-refractivity contribution in [2.45, 2.75) is 19.5 Å². The van der Waals surface area contributed by atoms with Crippen LogP contribution in [0.25, 0.3) is 0 Å². The van der Waals surface area contributed by atoms with Gasteiger partial charge in [-0.2, -0.15) is 13.2 Å². The third kappa shape index (κ3) is 2.98. The first kappa shape index (κ1) is 13.5. The van der Waals surface area contributed by atoms with Crippen molar-refractivity contribution in [3.63, 3.8) is 0 Å². The molecule has 0 N–H and O–H groups in total. The van der Waals surface area contributed by atoms with Crippen LogP contribution in [0.2, 0.25) is 0 Å². The lowest BCUT2D eigenvalue weighted by Gasteiger charge is -2.32. The molecule has 0 saturated carbocycles. The summed E-state index contributed by atoms with van der Waals surface area (Å²) in [5, 5.41) is 0. The van der Waals surface area contributed by atoms with Gasteiger partial charge in [-0.25, -0.2) is 0 Å². The molecular weight excluding hydrogens is 237 g/mol. The van der Waals surface area contributed by atoms with Gasteiger partial charge in [0.05, 0.1) is 0 Å². The topological polar surface area (TPSA) is 40.6 Å². The van der Waals surface area contributed by atoms with E-state index in [1.54, 1.807) is 11.9 Å². The lowest BCUT2D eigenvalue weighted by Crippen LogP contribution is -2.48. The van der Waals surface area contributed by atoms with Crippen LogP contribution >= 0.6 is 0 Å². The number of carbonyl (C=O) groups excluding carboxylic acids is 2. The lowest BCUT2D eigenvalue weighted by atomic mass is 10.2. The van der Waals surface area contributed by atoms with E-state index in [9.17, 15) is 22.8 Å². The van der Waals surface area contributed by atoms with Crippen molar-refractivity contribution in [2.75, 3.05) is 20.1 Å². The van der Waals surface area contributed by atoms with Gasteiger partial charge in [0.25, 0.3) is 0 Å². The molecule has 0 unspecified atom stereocenters. The summed E-state index contributed by atoms with van der Waals surface area (Å²) in [6.07, 6.45) is -3.62. The second-order valence-corrected chi connectivity index (χ2v) is 3.73. The highest BCUT2D eigenvalue weighted by Gasteiger charge is 2.45. The van der Waals surface area contributed by atoms with Crippen LogP contribution in [0.5, 0.6) is 0 Å². The summed E-state index contributed by atoms with van der Waals surface area (Å²) < 4.78 is 37.0. The molecule has 0 aromatic carbocycles. The van der Waals surface area contributed by atoms with E-state index >= 15 is 0 Å². The molecule has 0 spiro atoms. The van der Waals surface area contributed by atoms with Gasteiger partial charge in [0.2, 0.25) is 0 Å². The van der Waals surface area contributed by atoms with Crippen LogP contribution in [0.3, 0.4) is 0 Å². The largest absolute Gasteiger partial charge is 0.471 e. The number of halogens is 3. The number of rotatable bonds is 2. The molecule has 17 heavy (non-hydrogen) atoms. The quantitative estimate of drug-likeness (QED) is 0.738. The Labute approximate surface area is 96.7 Å². The van der Waals surface area contributed by atoms with Crippen LogP contribution in [-0.4, -0.2) is 47.8 Å². The standard InChI is InChI=1S/C10H13F3N2O2/c1-3-8(16)7-6-14(2)4-5-15(7)9(17)10(11,12)13/h6H,3-5H2,1-2H3. The minimum atomic E-state index is -4.96. The van der Waals surface area contributed by atoms with Gasteiger partial charge >= 0.3 is 12.1 Å². The second-order valence-electron chi connectivity index (χ2n) is 3.73. The van der Waals surface area contributed by atoms with E-state index in [0.717, 1.165) is 0 Å². The maximum absolute atomic E-state index is 12.3. The molecule has 1 heterocycles. The maximum Gasteiger partial charge on any atom is 0.471 e. The Morgan fingerprint density at radius 1 is 1.35 bits per heavy atom. The van der Waals surface area contributed by atoms with Crippen LogP contribution in [0.15, 0.2) is 11.9 Å². The smallest absolute Gasteiger partial charge is 0.377 e. The number of alkyl halides is 3. The first-order valence-corrected chi connectivity index (χ1v) is 5.11. The lowest BCUT2D eigenvalue weighted by molar-refractivity contribution is -0.184. The van der Waals surface area contributed by atoms with Crippen molar-refractivity contribution >= 4 is 11.7 Å². The van der Waals surface area contributed by atoms with E-state index in [0.29, 0.717) is 4.90 Å². The third-order valence-electron chi connectivity index (χ3n) is 2.40. The molecule has 1 rings (SSSR count). The summed E-state index contributed by atoms with van der Waals surface area (Å²) in [5.74, 6) is -2.46. The van der Waals surface area contributed by atoms with Crippen molar-refractivity contribution in [2.24, 2.45) is 0 Å². The fourth-order valence-corrected chi connectivity index (χ4v) is 1.49. The van der Waals surface area contributed by atoms with Crippen molar-refractivity contribution in [1.82, 2.24) is 9.80 Å². The van der Waals surface area contributed by atoms with E-state index in [4.69, 9.17) is 0 Å². The molecule has 0 bridgehead atoms. The number of Topliss-reactive ketones (excluding diaryl/α,β-unsaturated/α-hetero) is 1. The SMILES string of the molecule is CCC(=O)C1=CN(C)CCN1C(=O)C(F)(F)F. The fourth-order valence-electron chi connectivity index (χ4n) is 1.49. The average molecular weight is 250 g/mol. The molecule has 0 aromatic heterocycles. The molecule has 0 atom stereocenters. The number of hydrogen-bond donors (Lipinski definition) is 0. The van der Waals surface area contributed by atoms with Crippen molar-refractivity contribution in [3.8, 4) is 0 Å². The first-order chi connectivity index (χ1) is 7.77. The Kier molecular flexibility index (Phi) is 3.79. The predicted octanol–water partition coefficient (Wildman–Crippen LogP) is 1.14. The summed E-state index contributed by atoms with van der Waals surface area (Å²) in [5.41, 5.74) is -0.191. The predicted molar refractivity (Wildman–Crippen MR) is 53.8 cm³/mol. The van der Waals surface area contributed by atoms with E-state index in [2.05, 4.69) is 0 Å². The molecule has 0 saturated heterocycles. The Balaban J connectivity index is 3.02. The summed E-state index contributed by atoms with van der Waals surface area (Å²) >= 11 is 0.